The Labute approximate surface area is 204 Å². The predicted octanol–water partition coefficient (Wildman–Crippen LogP) is 6.68. The van der Waals surface area contributed by atoms with Crippen LogP contribution in [0.15, 0.2) is 64.6 Å². The number of carbonyl (C=O) groups excluding carboxylic acids is 1. The van der Waals surface area contributed by atoms with Crippen molar-refractivity contribution in [3.05, 3.63) is 92.2 Å². The molecule has 8 heteroatoms. The molecule has 0 saturated heterocycles. The van der Waals surface area contributed by atoms with Crippen LogP contribution >= 0.6 is 27.5 Å². The zero-order chi connectivity index (χ0) is 24.0. The fourth-order valence-corrected chi connectivity index (χ4v) is 3.55. The summed E-state index contributed by atoms with van der Waals surface area (Å²) in [6.45, 7) is 1.78. The van der Waals surface area contributed by atoms with E-state index < -0.39 is 5.91 Å². The second-order valence-electron chi connectivity index (χ2n) is 6.94. The van der Waals surface area contributed by atoms with E-state index in [1.807, 2.05) is 6.07 Å². The molecule has 0 fully saturated rings. The lowest BCUT2D eigenvalue weighted by Crippen LogP contribution is -2.14. The van der Waals surface area contributed by atoms with Crippen LogP contribution in [0.5, 0.6) is 11.5 Å². The summed E-state index contributed by atoms with van der Waals surface area (Å²) in [5, 5.41) is 12.8. The highest BCUT2D eigenvalue weighted by atomic mass is 79.9. The van der Waals surface area contributed by atoms with Gasteiger partial charge in [-0.15, -0.1) is 0 Å². The van der Waals surface area contributed by atoms with Gasteiger partial charge in [0.25, 0.3) is 5.91 Å². The molecule has 0 atom stereocenters. The van der Waals surface area contributed by atoms with Crippen molar-refractivity contribution >= 4 is 45.2 Å². The zero-order valence-corrected chi connectivity index (χ0v) is 20.1. The lowest BCUT2D eigenvalue weighted by Gasteiger charge is -2.13. The maximum Gasteiger partial charge on any atom is 0.266 e. The first-order chi connectivity index (χ1) is 15.8. The van der Waals surface area contributed by atoms with Crippen molar-refractivity contribution in [2.75, 3.05) is 12.4 Å². The number of benzene rings is 3. The first-order valence-electron chi connectivity index (χ1n) is 9.76. The van der Waals surface area contributed by atoms with Gasteiger partial charge in [-0.25, -0.2) is 4.39 Å². The van der Waals surface area contributed by atoms with Gasteiger partial charge >= 0.3 is 0 Å². The van der Waals surface area contributed by atoms with Crippen molar-refractivity contribution in [3.8, 4) is 17.6 Å². The summed E-state index contributed by atoms with van der Waals surface area (Å²) < 4.78 is 25.6. The predicted molar refractivity (Wildman–Crippen MR) is 130 cm³/mol. The number of nitrogens with one attached hydrogen (secondary N) is 1. The number of rotatable bonds is 7. The number of carbonyl (C=O) groups is 1. The number of nitrogens with zero attached hydrogens (tertiary/aromatic N) is 1. The molecular weight excluding hydrogens is 511 g/mol. The highest BCUT2D eigenvalue weighted by Gasteiger charge is 2.15. The van der Waals surface area contributed by atoms with E-state index in [0.717, 1.165) is 0 Å². The quantitative estimate of drug-likeness (QED) is 0.274. The number of methoxy groups -OCH3 is 1. The Bertz CT molecular complexity index is 1270. The van der Waals surface area contributed by atoms with Gasteiger partial charge in [-0.1, -0.05) is 51.8 Å². The van der Waals surface area contributed by atoms with Crippen LogP contribution in [0.2, 0.25) is 5.02 Å². The molecule has 5 nitrogen and oxygen atoms in total. The Morgan fingerprint density at radius 2 is 1.97 bits per heavy atom. The fourth-order valence-electron chi connectivity index (χ4n) is 2.94. The summed E-state index contributed by atoms with van der Waals surface area (Å²) in [5.74, 6) is -0.199. The second-order valence-corrected chi connectivity index (χ2v) is 8.20. The largest absolute Gasteiger partial charge is 0.493 e. The topological polar surface area (TPSA) is 71.3 Å². The molecule has 0 saturated carbocycles. The summed E-state index contributed by atoms with van der Waals surface area (Å²) in [4.78, 5) is 12.7. The molecule has 1 N–H and O–H groups in total. The summed E-state index contributed by atoms with van der Waals surface area (Å²) >= 11 is 9.53. The van der Waals surface area contributed by atoms with E-state index in [9.17, 15) is 14.4 Å². The number of amides is 1. The molecule has 33 heavy (non-hydrogen) atoms. The van der Waals surface area contributed by atoms with Crippen molar-refractivity contribution in [1.29, 1.82) is 5.26 Å². The Hall–Kier alpha value is -3.34. The molecule has 0 aliphatic carbocycles. The van der Waals surface area contributed by atoms with Crippen molar-refractivity contribution in [3.63, 3.8) is 0 Å². The number of anilines is 1. The zero-order valence-electron chi connectivity index (χ0n) is 17.8. The molecular formula is C25H19BrClFN2O3. The van der Waals surface area contributed by atoms with E-state index in [4.69, 9.17) is 21.1 Å². The van der Waals surface area contributed by atoms with Gasteiger partial charge in [0.05, 0.1) is 7.11 Å². The minimum absolute atomic E-state index is 0.00942. The maximum atomic E-state index is 13.9. The minimum Gasteiger partial charge on any atom is -0.493 e. The third-order valence-corrected chi connectivity index (χ3v) is 5.90. The highest BCUT2D eigenvalue weighted by molar-refractivity contribution is 9.10. The molecule has 0 bridgehead atoms. The van der Waals surface area contributed by atoms with Crippen LogP contribution in [0, 0.1) is 24.1 Å². The van der Waals surface area contributed by atoms with Gasteiger partial charge < -0.3 is 14.8 Å². The molecule has 0 spiro atoms. The summed E-state index contributed by atoms with van der Waals surface area (Å²) in [5.41, 5.74) is 2.03. The normalized spacial score (nSPS) is 11.0. The fraction of sp³-hybridized carbons (Fsp3) is 0.120. The van der Waals surface area contributed by atoms with E-state index >= 15 is 0 Å². The molecule has 0 aromatic heterocycles. The lowest BCUT2D eigenvalue weighted by molar-refractivity contribution is -0.112. The maximum absolute atomic E-state index is 13.9. The molecule has 0 aliphatic rings. The molecule has 0 aliphatic heterocycles. The van der Waals surface area contributed by atoms with E-state index in [1.165, 1.54) is 19.3 Å². The average molecular weight is 530 g/mol. The van der Waals surface area contributed by atoms with Gasteiger partial charge in [0.2, 0.25) is 0 Å². The van der Waals surface area contributed by atoms with Gasteiger partial charge in [0, 0.05) is 20.7 Å². The summed E-state index contributed by atoms with van der Waals surface area (Å²) in [6.07, 6.45) is 1.43. The van der Waals surface area contributed by atoms with Gasteiger partial charge in [-0.2, -0.15) is 5.26 Å². The van der Waals surface area contributed by atoms with Crippen LogP contribution in [0.4, 0.5) is 10.1 Å². The number of ether oxygens (including phenoxy) is 2. The van der Waals surface area contributed by atoms with Gasteiger partial charge in [0.15, 0.2) is 11.5 Å². The minimum atomic E-state index is -0.575. The second kappa shape index (κ2) is 11.0. The smallest absolute Gasteiger partial charge is 0.266 e. The third kappa shape index (κ3) is 5.92. The standard InChI is InChI=1S/C25H19BrClFN2O3/c1-15-20(27)7-5-9-22(15)30-25(31)18(13-29)10-17-11-23(32-2)24(12-19(17)26)33-14-16-6-3-4-8-21(16)28/h3-12H,14H2,1-2H3,(H,30,31)/b18-10+. The molecule has 1 amide bonds. The highest BCUT2D eigenvalue weighted by Crippen LogP contribution is 2.35. The van der Waals surface area contributed by atoms with E-state index in [0.29, 0.717) is 43.4 Å². The molecule has 0 unspecified atom stereocenters. The van der Waals surface area contributed by atoms with E-state index in [-0.39, 0.29) is 18.0 Å². The van der Waals surface area contributed by atoms with Crippen molar-refractivity contribution in [2.45, 2.75) is 13.5 Å². The summed E-state index contributed by atoms with van der Waals surface area (Å²) in [6, 6.07) is 16.6. The van der Waals surface area contributed by atoms with Gasteiger partial charge in [-0.3, -0.25) is 4.79 Å². The van der Waals surface area contributed by atoms with Gasteiger partial charge in [0.1, 0.15) is 24.1 Å². The number of hydrogen-bond donors (Lipinski definition) is 1. The van der Waals surface area contributed by atoms with Crippen molar-refractivity contribution in [2.24, 2.45) is 0 Å². The molecule has 168 valence electrons. The van der Waals surface area contributed by atoms with Crippen LogP contribution in [-0.2, 0) is 11.4 Å². The lowest BCUT2D eigenvalue weighted by atomic mass is 10.1. The average Bonchev–Trinajstić information content (AvgIpc) is 2.80. The number of halogens is 3. The van der Waals surface area contributed by atoms with Crippen LogP contribution in [0.3, 0.4) is 0 Å². The molecule has 0 heterocycles. The monoisotopic (exact) mass is 528 g/mol. The first kappa shape index (κ1) is 24.3. The van der Waals surface area contributed by atoms with E-state index in [1.54, 1.807) is 55.5 Å². The van der Waals surface area contributed by atoms with Crippen molar-refractivity contribution < 1.29 is 18.7 Å². The van der Waals surface area contributed by atoms with Crippen LogP contribution in [0.25, 0.3) is 6.08 Å². The molecule has 3 rings (SSSR count). The van der Waals surface area contributed by atoms with Crippen LogP contribution in [0.1, 0.15) is 16.7 Å². The molecule has 0 radical (unpaired) electrons. The van der Waals surface area contributed by atoms with E-state index in [2.05, 4.69) is 21.2 Å². The number of hydrogen-bond acceptors (Lipinski definition) is 4. The van der Waals surface area contributed by atoms with Crippen LogP contribution in [-0.4, -0.2) is 13.0 Å². The Morgan fingerprint density at radius 3 is 2.67 bits per heavy atom. The Kier molecular flexibility index (Phi) is 8.10. The van der Waals surface area contributed by atoms with Crippen molar-refractivity contribution in [1.82, 2.24) is 0 Å². The SMILES string of the molecule is COc1cc(/C=C(\C#N)C(=O)Nc2cccc(Cl)c2C)c(Br)cc1OCc1ccccc1F. The first-order valence-corrected chi connectivity index (χ1v) is 10.9. The summed E-state index contributed by atoms with van der Waals surface area (Å²) in [7, 11) is 1.46. The van der Waals surface area contributed by atoms with Gasteiger partial charge in [-0.05, 0) is 54.5 Å². The third-order valence-electron chi connectivity index (χ3n) is 4.80. The Morgan fingerprint density at radius 1 is 1.21 bits per heavy atom. The molecule has 3 aromatic rings. The Balaban J connectivity index is 1.85. The van der Waals surface area contributed by atoms with Crippen LogP contribution < -0.4 is 14.8 Å². The molecule has 3 aromatic carbocycles. The number of nitriles is 1.